The maximum absolute atomic E-state index is 12.0. The van der Waals surface area contributed by atoms with Crippen molar-refractivity contribution in [3.63, 3.8) is 0 Å². The maximum Gasteiger partial charge on any atom is 0.409 e. The second-order valence-corrected chi connectivity index (χ2v) is 9.55. The van der Waals surface area contributed by atoms with Crippen molar-refractivity contribution < 1.29 is 14.3 Å². The number of hydrogen-bond acceptors (Lipinski definition) is 6. The fourth-order valence-corrected chi connectivity index (χ4v) is 5.91. The first-order chi connectivity index (χ1) is 16.1. The number of carbonyl (C=O) groups is 1. The smallest absolute Gasteiger partial charge is 0.409 e. The molecule has 7 nitrogen and oxygen atoms in total. The van der Waals surface area contributed by atoms with Crippen LogP contribution in [0.4, 0.5) is 10.6 Å². The Labute approximate surface area is 196 Å². The van der Waals surface area contributed by atoms with Crippen molar-refractivity contribution in [1.29, 1.82) is 0 Å². The zero-order valence-corrected chi connectivity index (χ0v) is 19.7. The predicted octanol–water partition coefficient (Wildman–Crippen LogP) is 3.89. The normalized spacial score (nSPS) is 22.3. The number of aromatic nitrogens is 1. The highest BCUT2D eigenvalue weighted by molar-refractivity contribution is 5.80. The van der Waals surface area contributed by atoms with Crippen molar-refractivity contribution in [2.75, 3.05) is 57.9 Å². The predicted molar refractivity (Wildman–Crippen MR) is 129 cm³/mol. The number of ether oxygens (including phenoxy) is 2. The van der Waals surface area contributed by atoms with Gasteiger partial charge in [-0.25, -0.2) is 9.78 Å². The Balaban J connectivity index is 1.21. The van der Waals surface area contributed by atoms with E-state index in [1.54, 1.807) is 7.11 Å². The van der Waals surface area contributed by atoms with Crippen LogP contribution in [-0.4, -0.2) is 79.9 Å². The molecule has 0 radical (unpaired) electrons. The third kappa shape index (κ3) is 4.26. The van der Waals surface area contributed by atoms with Gasteiger partial charge in [-0.1, -0.05) is 18.2 Å². The third-order valence-electron chi connectivity index (χ3n) is 7.57. The van der Waals surface area contributed by atoms with Gasteiger partial charge in [-0.3, -0.25) is 4.90 Å². The van der Waals surface area contributed by atoms with Gasteiger partial charge in [-0.2, -0.15) is 0 Å². The van der Waals surface area contributed by atoms with Gasteiger partial charge >= 0.3 is 6.09 Å². The van der Waals surface area contributed by atoms with Crippen LogP contribution >= 0.6 is 0 Å². The Morgan fingerprint density at radius 3 is 2.61 bits per heavy atom. The summed E-state index contributed by atoms with van der Waals surface area (Å²) < 4.78 is 10.8. The minimum atomic E-state index is -0.151. The lowest BCUT2D eigenvalue weighted by Crippen LogP contribution is -2.58. The molecule has 3 heterocycles. The molecule has 1 atom stereocenters. The molecular weight excluding hydrogens is 416 g/mol. The van der Waals surface area contributed by atoms with Gasteiger partial charge in [0.2, 0.25) is 0 Å². The van der Waals surface area contributed by atoms with E-state index in [0.29, 0.717) is 18.1 Å². The fraction of sp³-hybridized carbons (Fsp3) is 0.538. The van der Waals surface area contributed by atoms with E-state index in [1.165, 1.54) is 19.3 Å². The van der Waals surface area contributed by atoms with Gasteiger partial charge in [0.15, 0.2) is 0 Å². The second-order valence-electron chi connectivity index (χ2n) is 9.55. The van der Waals surface area contributed by atoms with Crippen molar-refractivity contribution in [3.8, 4) is 16.9 Å². The van der Waals surface area contributed by atoms with Crippen LogP contribution < -0.4 is 9.64 Å². The van der Waals surface area contributed by atoms with Crippen molar-refractivity contribution in [2.24, 2.45) is 5.41 Å². The first-order valence-electron chi connectivity index (χ1n) is 12.1. The molecule has 1 saturated carbocycles. The topological polar surface area (TPSA) is 58.1 Å². The minimum Gasteiger partial charge on any atom is -0.496 e. The quantitative estimate of drug-likeness (QED) is 0.689. The Bertz CT molecular complexity index is 983. The van der Waals surface area contributed by atoms with E-state index in [2.05, 4.69) is 21.9 Å². The Kier molecular flexibility index (Phi) is 6.15. The lowest BCUT2D eigenvalue weighted by atomic mass is 9.78. The number of anilines is 1. The molecular formula is C26H34N4O3. The van der Waals surface area contributed by atoms with E-state index in [4.69, 9.17) is 14.5 Å². The van der Waals surface area contributed by atoms with Crippen LogP contribution in [0.15, 0.2) is 42.6 Å². The summed E-state index contributed by atoms with van der Waals surface area (Å²) in [5.74, 6) is 1.91. The molecule has 2 aliphatic heterocycles. The zero-order chi connectivity index (χ0) is 22.8. The highest BCUT2D eigenvalue weighted by atomic mass is 16.6. The monoisotopic (exact) mass is 450 g/mol. The number of likely N-dealkylation sites (tertiary alicyclic amines) is 1. The van der Waals surface area contributed by atoms with Gasteiger partial charge in [0.1, 0.15) is 11.6 Å². The molecule has 3 aliphatic rings. The van der Waals surface area contributed by atoms with Crippen molar-refractivity contribution >= 4 is 11.9 Å². The third-order valence-corrected chi connectivity index (χ3v) is 7.57. The number of rotatable bonds is 5. The fourth-order valence-electron chi connectivity index (χ4n) is 5.91. The van der Waals surface area contributed by atoms with E-state index in [-0.39, 0.29) is 6.09 Å². The van der Waals surface area contributed by atoms with E-state index in [9.17, 15) is 4.79 Å². The van der Waals surface area contributed by atoms with Crippen molar-refractivity contribution in [3.05, 3.63) is 42.6 Å². The zero-order valence-electron chi connectivity index (χ0n) is 19.7. The number of nitrogens with zero attached hydrogens (tertiary/aromatic N) is 4. The summed E-state index contributed by atoms with van der Waals surface area (Å²) in [4.78, 5) is 23.7. The van der Waals surface area contributed by atoms with Crippen LogP contribution in [0.25, 0.3) is 11.1 Å². The SMILES string of the molecule is CCOC(=O)N1CC2(CC[C@@H](N3CCN(c4ncccc4-c4ccccc4OC)CC3)C2)C1. The summed E-state index contributed by atoms with van der Waals surface area (Å²) in [7, 11) is 1.72. The molecule has 2 aromatic rings. The van der Waals surface area contributed by atoms with E-state index < -0.39 is 0 Å². The number of pyridine rings is 1. The molecule has 0 bridgehead atoms. The van der Waals surface area contributed by atoms with Crippen LogP contribution in [0.5, 0.6) is 5.75 Å². The average Bonchev–Trinajstić information content (AvgIpc) is 3.29. The van der Waals surface area contributed by atoms with E-state index in [0.717, 1.165) is 62.0 Å². The molecule has 176 valence electrons. The lowest BCUT2D eigenvalue weighted by molar-refractivity contribution is -0.00294. The number of piperazine rings is 1. The Morgan fingerprint density at radius 1 is 1.09 bits per heavy atom. The summed E-state index contributed by atoms with van der Waals surface area (Å²) in [6.07, 6.45) is 5.37. The maximum atomic E-state index is 12.0. The Morgan fingerprint density at radius 2 is 1.85 bits per heavy atom. The summed E-state index contributed by atoms with van der Waals surface area (Å²) in [6.45, 7) is 8.06. The Hall–Kier alpha value is -2.80. The first kappa shape index (κ1) is 22.0. The number of para-hydroxylation sites is 1. The first-order valence-corrected chi connectivity index (χ1v) is 12.1. The molecule has 2 saturated heterocycles. The van der Waals surface area contributed by atoms with Gasteiger partial charge in [0.25, 0.3) is 0 Å². The molecule has 0 N–H and O–H groups in total. The van der Waals surface area contributed by atoms with Crippen LogP contribution in [0.3, 0.4) is 0 Å². The van der Waals surface area contributed by atoms with Crippen LogP contribution in [0, 0.1) is 5.41 Å². The number of benzene rings is 1. The van der Waals surface area contributed by atoms with Crippen LogP contribution in [-0.2, 0) is 4.74 Å². The average molecular weight is 451 g/mol. The van der Waals surface area contributed by atoms with Crippen molar-refractivity contribution in [1.82, 2.24) is 14.8 Å². The summed E-state index contributed by atoms with van der Waals surface area (Å²) >= 11 is 0. The lowest BCUT2D eigenvalue weighted by Gasteiger charge is -2.48. The summed E-state index contributed by atoms with van der Waals surface area (Å²) in [5, 5.41) is 0. The molecule has 1 aromatic carbocycles. The van der Waals surface area contributed by atoms with Crippen LogP contribution in [0.1, 0.15) is 26.2 Å². The highest BCUT2D eigenvalue weighted by Gasteiger charge is 2.51. The molecule has 5 rings (SSSR count). The summed E-state index contributed by atoms with van der Waals surface area (Å²) in [5.41, 5.74) is 2.52. The van der Waals surface area contributed by atoms with Gasteiger partial charge in [0, 0.05) is 68.0 Å². The standard InChI is InChI=1S/C26H34N4O3/c1-3-33-25(31)30-18-26(19-30)11-10-20(17-26)28-13-15-29(16-14-28)24-22(8-6-12-27-24)21-7-4-5-9-23(21)32-2/h4-9,12,20H,3,10-11,13-19H2,1-2H3/t20-/m1/s1. The summed E-state index contributed by atoms with van der Waals surface area (Å²) in [6, 6.07) is 12.9. The molecule has 1 aromatic heterocycles. The molecule has 0 unspecified atom stereocenters. The van der Waals surface area contributed by atoms with E-state index in [1.807, 2.05) is 42.3 Å². The van der Waals surface area contributed by atoms with Gasteiger partial charge < -0.3 is 19.3 Å². The van der Waals surface area contributed by atoms with Gasteiger partial charge in [-0.05, 0) is 44.4 Å². The minimum absolute atomic E-state index is 0.151. The van der Waals surface area contributed by atoms with E-state index >= 15 is 0 Å². The largest absolute Gasteiger partial charge is 0.496 e. The number of hydrogen-bond donors (Lipinski definition) is 0. The van der Waals surface area contributed by atoms with Gasteiger partial charge in [-0.15, -0.1) is 0 Å². The molecule has 1 spiro atoms. The molecule has 33 heavy (non-hydrogen) atoms. The molecule has 3 fully saturated rings. The van der Waals surface area contributed by atoms with Crippen LogP contribution in [0.2, 0.25) is 0 Å². The molecule has 1 aliphatic carbocycles. The van der Waals surface area contributed by atoms with Gasteiger partial charge in [0.05, 0.1) is 13.7 Å². The number of carbonyl (C=O) groups excluding carboxylic acids is 1. The highest BCUT2D eigenvalue weighted by Crippen LogP contribution is 2.47. The second kappa shape index (κ2) is 9.21. The molecule has 1 amide bonds. The van der Waals surface area contributed by atoms with Crippen molar-refractivity contribution in [2.45, 2.75) is 32.2 Å². The molecule has 7 heteroatoms. The number of methoxy groups -OCH3 is 1. The number of amides is 1.